The van der Waals surface area contributed by atoms with Crippen molar-refractivity contribution >= 4 is 0 Å². The van der Waals surface area contributed by atoms with E-state index >= 15 is 0 Å². The van der Waals surface area contributed by atoms with E-state index in [2.05, 4.69) is 0 Å². The Morgan fingerprint density at radius 2 is 2.10 bits per heavy atom. The van der Waals surface area contributed by atoms with Gasteiger partial charge in [-0.1, -0.05) is 0 Å². The Kier molecular flexibility index (Phi) is 2.59. The molecule has 0 aliphatic carbocycles. The number of nitrogens with two attached hydrogens (primary N) is 2. The Balaban J connectivity index is 2.33. The number of hydrogen-bond donors (Lipinski definition) is 2. The second-order valence-electron chi connectivity index (χ2n) is 2.67. The molecule has 0 amide bonds. The van der Waals surface area contributed by atoms with Crippen LogP contribution < -0.4 is 11.5 Å². The summed E-state index contributed by atoms with van der Waals surface area (Å²) in [6.45, 7) is -0.0732. The Hall–Kier alpha value is -0.190. The van der Waals surface area contributed by atoms with Crippen molar-refractivity contribution in [3.8, 4) is 0 Å². The molecule has 0 aromatic rings. The van der Waals surface area contributed by atoms with Crippen LogP contribution >= 0.6 is 0 Å². The number of hydrogen-bond acceptors (Lipinski definition) is 3. The van der Waals surface area contributed by atoms with E-state index < -0.39 is 6.67 Å². The van der Waals surface area contributed by atoms with Crippen LogP contribution in [-0.4, -0.2) is 31.5 Å². The molecule has 1 fully saturated rings. The third-order valence-electron chi connectivity index (χ3n) is 1.78. The maximum absolute atomic E-state index is 12.0. The number of rotatable bonds is 1. The second kappa shape index (κ2) is 3.27. The minimum absolute atomic E-state index is 0.102. The first-order valence-electron chi connectivity index (χ1n) is 3.42. The maximum Gasteiger partial charge on any atom is 0.116 e. The summed E-state index contributed by atoms with van der Waals surface area (Å²) in [4.78, 5) is 0. The van der Waals surface area contributed by atoms with Crippen molar-refractivity contribution in [3.63, 3.8) is 0 Å². The van der Waals surface area contributed by atoms with Crippen LogP contribution in [0.2, 0.25) is 0 Å². The summed E-state index contributed by atoms with van der Waals surface area (Å²) >= 11 is 0. The van der Waals surface area contributed by atoms with Crippen molar-refractivity contribution in [2.24, 2.45) is 11.5 Å². The fourth-order valence-corrected chi connectivity index (χ4v) is 1.02. The quantitative estimate of drug-likeness (QED) is 0.522. The first-order valence-corrected chi connectivity index (χ1v) is 3.42. The van der Waals surface area contributed by atoms with Crippen molar-refractivity contribution < 1.29 is 9.13 Å². The molecule has 4 N–H and O–H groups in total. The summed E-state index contributed by atoms with van der Waals surface area (Å²) < 4.78 is 17.0. The molecule has 1 heterocycles. The van der Waals surface area contributed by atoms with Crippen LogP contribution in [0.5, 0.6) is 0 Å². The smallest absolute Gasteiger partial charge is 0.116 e. The molecule has 1 rings (SSSR count). The molecule has 0 aromatic carbocycles. The van der Waals surface area contributed by atoms with E-state index in [4.69, 9.17) is 16.2 Å². The van der Waals surface area contributed by atoms with Gasteiger partial charge in [0.1, 0.15) is 6.67 Å². The van der Waals surface area contributed by atoms with Gasteiger partial charge in [-0.05, 0) is 6.42 Å². The molecule has 4 heteroatoms. The minimum Gasteiger partial charge on any atom is -0.374 e. The van der Waals surface area contributed by atoms with Gasteiger partial charge in [0.25, 0.3) is 0 Å². The van der Waals surface area contributed by atoms with E-state index in [0.717, 1.165) is 0 Å². The molecule has 0 unspecified atom stereocenters. The highest BCUT2D eigenvalue weighted by atomic mass is 19.1. The largest absolute Gasteiger partial charge is 0.374 e. The van der Waals surface area contributed by atoms with Crippen LogP contribution in [0, 0.1) is 0 Å². The van der Waals surface area contributed by atoms with Crippen molar-refractivity contribution in [1.82, 2.24) is 0 Å². The fourth-order valence-electron chi connectivity index (χ4n) is 1.02. The van der Waals surface area contributed by atoms with Gasteiger partial charge in [-0.25, -0.2) is 4.39 Å². The van der Waals surface area contributed by atoms with Crippen LogP contribution in [0.4, 0.5) is 4.39 Å². The van der Waals surface area contributed by atoms with Gasteiger partial charge >= 0.3 is 0 Å². The van der Waals surface area contributed by atoms with Crippen LogP contribution in [0.1, 0.15) is 6.42 Å². The Bertz CT molecular complexity index is 112. The highest BCUT2D eigenvalue weighted by Crippen LogP contribution is 2.11. The van der Waals surface area contributed by atoms with E-state index in [1.807, 2.05) is 0 Å². The number of ether oxygens (including phenoxy) is 1. The first kappa shape index (κ1) is 7.91. The molecular formula is C6H13FN2O. The fraction of sp³-hybridized carbons (Fsp3) is 1.00. The lowest BCUT2D eigenvalue weighted by molar-refractivity contribution is -0.0158. The van der Waals surface area contributed by atoms with Crippen molar-refractivity contribution in [3.05, 3.63) is 0 Å². The highest BCUT2D eigenvalue weighted by Gasteiger charge is 2.25. The van der Waals surface area contributed by atoms with Gasteiger partial charge in [-0.2, -0.15) is 0 Å². The van der Waals surface area contributed by atoms with E-state index in [1.165, 1.54) is 0 Å². The third-order valence-corrected chi connectivity index (χ3v) is 1.78. The molecular weight excluding hydrogens is 135 g/mol. The summed E-state index contributed by atoms with van der Waals surface area (Å²) in [6, 6.07) is -0.225. The summed E-state index contributed by atoms with van der Waals surface area (Å²) in [5.74, 6) is 0. The average Bonchev–Trinajstić information content (AvgIpc) is 1.95. The van der Waals surface area contributed by atoms with Gasteiger partial charge in [-0.15, -0.1) is 0 Å². The first-order chi connectivity index (χ1) is 4.74. The topological polar surface area (TPSA) is 61.3 Å². The van der Waals surface area contributed by atoms with Crippen LogP contribution in [-0.2, 0) is 4.74 Å². The average molecular weight is 148 g/mol. The Morgan fingerprint density at radius 3 is 2.60 bits per heavy atom. The Morgan fingerprint density at radius 1 is 1.40 bits per heavy atom. The third kappa shape index (κ3) is 1.65. The van der Waals surface area contributed by atoms with Gasteiger partial charge in [0.05, 0.1) is 12.7 Å². The monoisotopic (exact) mass is 148 g/mol. The zero-order valence-electron chi connectivity index (χ0n) is 5.79. The molecule has 10 heavy (non-hydrogen) atoms. The van der Waals surface area contributed by atoms with Gasteiger partial charge in [0, 0.05) is 12.1 Å². The predicted octanol–water partition coefficient (Wildman–Crippen LogP) is -0.601. The van der Waals surface area contributed by atoms with Gasteiger partial charge in [0.2, 0.25) is 0 Å². The van der Waals surface area contributed by atoms with Gasteiger partial charge in [-0.3, -0.25) is 0 Å². The van der Waals surface area contributed by atoms with Crippen LogP contribution in [0.3, 0.4) is 0 Å². The predicted molar refractivity (Wildman–Crippen MR) is 36.3 cm³/mol. The zero-order valence-corrected chi connectivity index (χ0v) is 5.79. The van der Waals surface area contributed by atoms with E-state index in [1.54, 1.807) is 0 Å². The van der Waals surface area contributed by atoms with Gasteiger partial charge in [0.15, 0.2) is 0 Å². The Labute approximate surface area is 59.5 Å². The molecule has 0 radical (unpaired) electrons. The summed E-state index contributed by atoms with van der Waals surface area (Å²) in [5.41, 5.74) is 11.1. The lowest BCUT2D eigenvalue weighted by atomic mass is 10.0. The van der Waals surface area contributed by atoms with E-state index in [9.17, 15) is 4.39 Å². The van der Waals surface area contributed by atoms with Crippen LogP contribution in [0.25, 0.3) is 0 Å². The second-order valence-corrected chi connectivity index (χ2v) is 2.67. The molecule has 0 aromatic heterocycles. The number of alkyl halides is 1. The molecule has 3 atom stereocenters. The lowest BCUT2D eigenvalue weighted by Crippen LogP contribution is -2.51. The maximum atomic E-state index is 12.0. The van der Waals surface area contributed by atoms with Crippen LogP contribution in [0.15, 0.2) is 0 Å². The van der Waals surface area contributed by atoms with Gasteiger partial charge < -0.3 is 16.2 Å². The van der Waals surface area contributed by atoms with Crippen molar-refractivity contribution in [2.45, 2.75) is 24.6 Å². The number of halogens is 1. The molecule has 1 saturated heterocycles. The molecule has 0 bridgehead atoms. The summed E-state index contributed by atoms with van der Waals surface area (Å²) in [5, 5.41) is 0. The normalized spacial score (nSPS) is 41.7. The standard InChI is InChI=1S/C6H13FN2O/c7-2-4-1-5(8)6(9)3-10-4/h4-6H,1-3,8-9H2/t4-,5-,6+/m1/s1. The van der Waals surface area contributed by atoms with Crippen molar-refractivity contribution in [1.29, 1.82) is 0 Å². The van der Waals surface area contributed by atoms with Crippen molar-refractivity contribution in [2.75, 3.05) is 13.3 Å². The molecule has 1 aliphatic heterocycles. The molecule has 0 saturated carbocycles. The molecule has 3 nitrogen and oxygen atoms in total. The molecule has 1 aliphatic rings. The lowest BCUT2D eigenvalue weighted by Gasteiger charge is -2.30. The summed E-state index contributed by atoms with van der Waals surface area (Å²) in [6.07, 6.45) is 0.215. The SMILES string of the molecule is N[C@@H]1C[C@H](CF)OC[C@@H]1N. The molecule has 0 spiro atoms. The van der Waals surface area contributed by atoms with E-state index in [0.29, 0.717) is 13.0 Å². The highest BCUT2D eigenvalue weighted by molar-refractivity contribution is 4.83. The summed E-state index contributed by atoms with van der Waals surface area (Å²) in [7, 11) is 0. The molecule has 60 valence electrons. The van der Waals surface area contributed by atoms with E-state index in [-0.39, 0.29) is 18.2 Å². The minimum atomic E-state index is -0.458. The zero-order chi connectivity index (χ0) is 7.56.